The summed E-state index contributed by atoms with van der Waals surface area (Å²) in [6, 6.07) is 1.24. The monoisotopic (exact) mass is 154 g/mol. The second-order valence-electron chi connectivity index (χ2n) is 3.11. The average Bonchev–Trinajstić information content (AvgIpc) is 2.03. The predicted molar refractivity (Wildman–Crippen MR) is 48.7 cm³/mol. The van der Waals surface area contributed by atoms with Crippen LogP contribution in [0.1, 0.15) is 20.3 Å². The molecule has 0 radical (unpaired) electrons. The molecule has 2 atom stereocenters. The second kappa shape index (κ2) is 4.52. The van der Waals surface area contributed by atoms with Crippen LogP contribution in [0.25, 0.3) is 0 Å². The number of rotatable bonds is 2. The number of allylic oxidation sites excluding steroid dienone is 1. The normalized spacial score (nSPS) is 32.9. The van der Waals surface area contributed by atoms with Crippen LogP contribution in [0.4, 0.5) is 0 Å². The Kier molecular flexibility index (Phi) is 3.60. The highest BCUT2D eigenvalue weighted by atomic mass is 15.1. The van der Waals surface area contributed by atoms with Gasteiger partial charge in [0.1, 0.15) is 0 Å². The first-order valence-electron chi connectivity index (χ1n) is 4.42. The van der Waals surface area contributed by atoms with Crippen LogP contribution >= 0.6 is 0 Å². The van der Waals surface area contributed by atoms with Gasteiger partial charge in [0.05, 0.1) is 0 Å². The van der Waals surface area contributed by atoms with Crippen LogP contribution in [-0.2, 0) is 0 Å². The van der Waals surface area contributed by atoms with Crippen molar-refractivity contribution in [3.8, 4) is 0 Å². The van der Waals surface area contributed by atoms with E-state index in [4.69, 9.17) is 0 Å². The number of hydrogen-bond acceptors (Lipinski definition) is 2. The minimum atomic E-state index is 0.611. The maximum atomic E-state index is 3.49. The number of piperazine rings is 1. The summed E-state index contributed by atoms with van der Waals surface area (Å²) < 4.78 is 0. The van der Waals surface area contributed by atoms with Crippen LogP contribution in [0.15, 0.2) is 12.2 Å². The molecule has 1 heterocycles. The third kappa shape index (κ3) is 2.64. The summed E-state index contributed by atoms with van der Waals surface area (Å²) in [6.07, 6.45) is 5.48. The van der Waals surface area contributed by atoms with Crippen molar-refractivity contribution in [2.75, 3.05) is 13.1 Å². The molecular formula is C9H18N2. The summed E-state index contributed by atoms with van der Waals surface area (Å²) in [5.41, 5.74) is 0. The van der Waals surface area contributed by atoms with E-state index in [-0.39, 0.29) is 0 Å². The molecule has 0 amide bonds. The Morgan fingerprint density at radius 1 is 1.36 bits per heavy atom. The van der Waals surface area contributed by atoms with Gasteiger partial charge in [0, 0.05) is 25.2 Å². The van der Waals surface area contributed by atoms with E-state index in [1.807, 2.05) is 0 Å². The molecule has 0 aliphatic carbocycles. The van der Waals surface area contributed by atoms with Gasteiger partial charge in [-0.2, -0.15) is 0 Å². The lowest BCUT2D eigenvalue weighted by Gasteiger charge is -2.30. The van der Waals surface area contributed by atoms with Gasteiger partial charge in [0.15, 0.2) is 0 Å². The predicted octanol–water partition coefficient (Wildman–Crippen LogP) is 0.902. The maximum absolute atomic E-state index is 3.49. The first-order chi connectivity index (χ1) is 5.34. The van der Waals surface area contributed by atoms with Crippen molar-refractivity contribution in [3.63, 3.8) is 0 Å². The van der Waals surface area contributed by atoms with Gasteiger partial charge in [-0.05, 0) is 20.3 Å². The van der Waals surface area contributed by atoms with E-state index in [2.05, 4.69) is 36.6 Å². The topological polar surface area (TPSA) is 24.1 Å². The van der Waals surface area contributed by atoms with E-state index in [0.29, 0.717) is 12.1 Å². The van der Waals surface area contributed by atoms with Gasteiger partial charge in [-0.1, -0.05) is 12.2 Å². The molecule has 1 saturated heterocycles. The summed E-state index contributed by atoms with van der Waals surface area (Å²) in [4.78, 5) is 0. The molecule has 0 aromatic heterocycles. The van der Waals surface area contributed by atoms with Crippen LogP contribution in [0, 0.1) is 0 Å². The van der Waals surface area contributed by atoms with Crippen LogP contribution < -0.4 is 10.6 Å². The molecule has 0 saturated carbocycles. The smallest absolute Gasteiger partial charge is 0.0253 e. The number of hydrogen-bond donors (Lipinski definition) is 2. The van der Waals surface area contributed by atoms with E-state index in [1.165, 1.54) is 0 Å². The molecule has 2 heteroatoms. The number of nitrogens with one attached hydrogen (secondary N) is 2. The molecule has 2 N–H and O–H groups in total. The van der Waals surface area contributed by atoms with Crippen LogP contribution in [0.2, 0.25) is 0 Å². The van der Waals surface area contributed by atoms with Crippen LogP contribution in [0.5, 0.6) is 0 Å². The standard InChI is InChI=1S/C9H18N2/c1-3-4-5-9-8(2)10-6-7-11-9/h3-4,8-11H,5-7H2,1-2H3. The van der Waals surface area contributed by atoms with Crippen molar-refractivity contribution in [2.45, 2.75) is 32.4 Å². The van der Waals surface area contributed by atoms with Crippen molar-refractivity contribution in [2.24, 2.45) is 0 Å². The Morgan fingerprint density at radius 2 is 2.09 bits per heavy atom. The van der Waals surface area contributed by atoms with Gasteiger partial charge in [-0.25, -0.2) is 0 Å². The van der Waals surface area contributed by atoms with Crippen molar-refractivity contribution in [1.29, 1.82) is 0 Å². The molecule has 2 unspecified atom stereocenters. The van der Waals surface area contributed by atoms with Crippen molar-refractivity contribution in [3.05, 3.63) is 12.2 Å². The molecule has 2 nitrogen and oxygen atoms in total. The quantitative estimate of drug-likeness (QED) is 0.577. The van der Waals surface area contributed by atoms with Gasteiger partial charge >= 0.3 is 0 Å². The molecule has 11 heavy (non-hydrogen) atoms. The van der Waals surface area contributed by atoms with Gasteiger partial charge in [-0.15, -0.1) is 0 Å². The Balaban J connectivity index is 2.29. The highest BCUT2D eigenvalue weighted by molar-refractivity contribution is 4.90. The van der Waals surface area contributed by atoms with Crippen molar-refractivity contribution < 1.29 is 0 Å². The van der Waals surface area contributed by atoms with E-state index >= 15 is 0 Å². The molecule has 0 aromatic rings. The maximum Gasteiger partial charge on any atom is 0.0253 e. The van der Waals surface area contributed by atoms with Gasteiger partial charge < -0.3 is 10.6 Å². The lowest BCUT2D eigenvalue weighted by Crippen LogP contribution is -2.54. The van der Waals surface area contributed by atoms with Crippen LogP contribution in [0.3, 0.4) is 0 Å². The Bertz CT molecular complexity index is 132. The minimum absolute atomic E-state index is 0.611. The minimum Gasteiger partial charge on any atom is -0.311 e. The fourth-order valence-electron chi connectivity index (χ4n) is 1.45. The molecule has 1 fully saturated rings. The van der Waals surface area contributed by atoms with E-state index < -0.39 is 0 Å². The highest BCUT2D eigenvalue weighted by Gasteiger charge is 2.17. The largest absolute Gasteiger partial charge is 0.311 e. The zero-order chi connectivity index (χ0) is 8.10. The van der Waals surface area contributed by atoms with Gasteiger partial charge in [-0.3, -0.25) is 0 Å². The van der Waals surface area contributed by atoms with E-state index in [1.54, 1.807) is 0 Å². The highest BCUT2D eigenvalue weighted by Crippen LogP contribution is 2.02. The van der Waals surface area contributed by atoms with Crippen molar-refractivity contribution in [1.82, 2.24) is 10.6 Å². The third-order valence-electron chi connectivity index (χ3n) is 2.23. The van der Waals surface area contributed by atoms with Gasteiger partial charge in [0.25, 0.3) is 0 Å². The second-order valence-corrected chi connectivity index (χ2v) is 3.11. The SMILES string of the molecule is CC=CCC1NCCNC1C. The summed E-state index contributed by atoms with van der Waals surface area (Å²) in [6.45, 7) is 6.52. The molecule has 0 bridgehead atoms. The Labute approximate surface area is 69.1 Å². The fourth-order valence-corrected chi connectivity index (χ4v) is 1.45. The van der Waals surface area contributed by atoms with Crippen molar-refractivity contribution >= 4 is 0 Å². The first-order valence-corrected chi connectivity index (χ1v) is 4.42. The summed E-state index contributed by atoms with van der Waals surface area (Å²) in [5.74, 6) is 0. The molecule has 64 valence electrons. The van der Waals surface area contributed by atoms with Crippen LogP contribution in [-0.4, -0.2) is 25.2 Å². The lowest BCUT2D eigenvalue weighted by atomic mass is 10.0. The molecule has 1 rings (SSSR count). The molecule has 1 aliphatic rings. The summed E-state index contributed by atoms with van der Waals surface area (Å²) in [7, 11) is 0. The molecule has 0 aromatic carbocycles. The Morgan fingerprint density at radius 3 is 2.73 bits per heavy atom. The molecule has 1 aliphatic heterocycles. The fraction of sp³-hybridized carbons (Fsp3) is 0.778. The lowest BCUT2D eigenvalue weighted by molar-refractivity contribution is 0.340. The Hall–Kier alpha value is -0.340. The van der Waals surface area contributed by atoms with E-state index in [9.17, 15) is 0 Å². The molecular weight excluding hydrogens is 136 g/mol. The zero-order valence-electron chi connectivity index (χ0n) is 7.43. The third-order valence-corrected chi connectivity index (χ3v) is 2.23. The van der Waals surface area contributed by atoms with Gasteiger partial charge in [0.2, 0.25) is 0 Å². The molecule has 0 spiro atoms. The van der Waals surface area contributed by atoms with E-state index in [0.717, 1.165) is 19.5 Å². The summed E-state index contributed by atoms with van der Waals surface area (Å²) >= 11 is 0. The summed E-state index contributed by atoms with van der Waals surface area (Å²) in [5, 5.41) is 6.93. The average molecular weight is 154 g/mol. The zero-order valence-corrected chi connectivity index (χ0v) is 7.43. The first kappa shape index (κ1) is 8.75.